The second kappa shape index (κ2) is 6.15. The SMILES string of the molecule is CCCNc1nccc(Sc2ncccn2)n1. The largest absolute Gasteiger partial charge is 0.354 e. The van der Waals surface area contributed by atoms with Crippen LogP contribution in [0.4, 0.5) is 5.95 Å². The lowest BCUT2D eigenvalue weighted by Gasteiger charge is -2.03. The summed E-state index contributed by atoms with van der Waals surface area (Å²) >= 11 is 1.42. The molecule has 0 amide bonds. The van der Waals surface area contributed by atoms with Gasteiger partial charge < -0.3 is 5.32 Å². The van der Waals surface area contributed by atoms with Gasteiger partial charge >= 0.3 is 0 Å². The van der Waals surface area contributed by atoms with E-state index in [0.29, 0.717) is 11.1 Å². The van der Waals surface area contributed by atoms with Crippen molar-refractivity contribution in [3.63, 3.8) is 0 Å². The Labute approximate surface area is 104 Å². The van der Waals surface area contributed by atoms with Crippen LogP contribution in [-0.4, -0.2) is 26.5 Å². The number of nitrogens with one attached hydrogen (secondary N) is 1. The summed E-state index contributed by atoms with van der Waals surface area (Å²) in [5, 5.41) is 4.67. The summed E-state index contributed by atoms with van der Waals surface area (Å²) in [6.07, 6.45) is 6.21. The number of aromatic nitrogens is 4. The predicted molar refractivity (Wildman–Crippen MR) is 67.0 cm³/mol. The average molecular weight is 247 g/mol. The van der Waals surface area contributed by atoms with Gasteiger partial charge in [-0.25, -0.2) is 19.9 Å². The second-order valence-corrected chi connectivity index (χ2v) is 4.27. The summed E-state index contributed by atoms with van der Waals surface area (Å²) < 4.78 is 0. The van der Waals surface area contributed by atoms with Gasteiger partial charge in [-0.05, 0) is 30.3 Å². The molecule has 5 nitrogen and oxygen atoms in total. The van der Waals surface area contributed by atoms with E-state index >= 15 is 0 Å². The van der Waals surface area contributed by atoms with Gasteiger partial charge in [0.1, 0.15) is 5.03 Å². The lowest BCUT2D eigenvalue weighted by molar-refractivity contribution is 0.927. The molecule has 2 heterocycles. The molecule has 2 rings (SSSR count). The van der Waals surface area contributed by atoms with Crippen LogP contribution in [0.3, 0.4) is 0 Å². The number of anilines is 1. The van der Waals surface area contributed by atoms with Crippen molar-refractivity contribution in [3.8, 4) is 0 Å². The maximum absolute atomic E-state index is 4.37. The van der Waals surface area contributed by atoms with Gasteiger partial charge in [0.15, 0.2) is 5.16 Å². The molecule has 0 aliphatic heterocycles. The first-order chi connectivity index (χ1) is 8.38. The fourth-order valence-corrected chi connectivity index (χ4v) is 1.83. The Bertz CT molecular complexity index is 462. The highest BCUT2D eigenvalue weighted by Crippen LogP contribution is 2.21. The standard InChI is InChI=1S/C11H13N5S/c1-2-5-12-10-13-8-4-9(16-10)17-11-14-6-3-7-15-11/h3-4,6-8H,2,5H2,1H3,(H,12,13,16). The molecule has 0 saturated carbocycles. The molecule has 17 heavy (non-hydrogen) atoms. The topological polar surface area (TPSA) is 63.6 Å². The van der Waals surface area contributed by atoms with Gasteiger partial charge in [-0.3, -0.25) is 0 Å². The molecule has 2 aromatic heterocycles. The Morgan fingerprint density at radius 2 is 2.00 bits per heavy atom. The number of rotatable bonds is 5. The van der Waals surface area contributed by atoms with E-state index in [1.165, 1.54) is 11.8 Å². The Morgan fingerprint density at radius 3 is 2.76 bits per heavy atom. The maximum atomic E-state index is 4.37. The van der Waals surface area contributed by atoms with Gasteiger partial charge in [0.25, 0.3) is 0 Å². The molecule has 0 radical (unpaired) electrons. The van der Waals surface area contributed by atoms with Crippen LogP contribution in [0.1, 0.15) is 13.3 Å². The predicted octanol–water partition coefficient (Wildman–Crippen LogP) is 2.24. The summed E-state index contributed by atoms with van der Waals surface area (Å²) in [5.41, 5.74) is 0. The Morgan fingerprint density at radius 1 is 1.18 bits per heavy atom. The maximum Gasteiger partial charge on any atom is 0.223 e. The van der Waals surface area contributed by atoms with Crippen molar-refractivity contribution < 1.29 is 0 Å². The van der Waals surface area contributed by atoms with Crippen molar-refractivity contribution in [3.05, 3.63) is 30.7 Å². The average Bonchev–Trinajstić information content (AvgIpc) is 2.38. The lowest BCUT2D eigenvalue weighted by atomic mass is 10.5. The van der Waals surface area contributed by atoms with Crippen LogP contribution in [0.5, 0.6) is 0 Å². The molecular formula is C11H13N5S. The fourth-order valence-electron chi connectivity index (χ4n) is 1.15. The van der Waals surface area contributed by atoms with Crippen LogP contribution >= 0.6 is 11.8 Å². The number of hydrogen-bond acceptors (Lipinski definition) is 6. The van der Waals surface area contributed by atoms with Gasteiger partial charge in [0.2, 0.25) is 5.95 Å². The molecule has 0 aliphatic carbocycles. The summed E-state index contributed by atoms with van der Waals surface area (Å²) in [7, 11) is 0. The zero-order valence-corrected chi connectivity index (χ0v) is 10.3. The minimum absolute atomic E-state index is 0.646. The van der Waals surface area contributed by atoms with Crippen LogP contribution in [0.25, 0.3) is 0 Å². The van der Waals surface area contributed by atoms with Crippen LogP contribution in [0.15, 0.2) is 40.9 Å². The van der Waals surface area contributed by atoms with Crippen molar-refractivity contribution in [2.45, 2.75) is 23.5 Å². The fraction of sp³-hybridized carbons (Fsp3) is 0.273. The monoisotopic (exact) mass is 247 g/mol. The third-order valence-electron chi connectivity index (χ3n) is 1.90. The van der Waals surface area contributed by atoms with E-state index in [1.807, 2.05) is 6.07 Å². The van der Waals surface area contributed by atoms with Crippen LogP contribution in [0.2, 0.25) is 0 Å². The second-order valence-electron chi connectivity index (χ2n) is 3.28. The Hall–Kier alpha value is -1.69. The van der Waals surface area contributed by atoms with Gasteiger partial charge in [-0.2, -0.15) is 0 Å². The third kappa shape index (κ3) is 3.67. The molecule has 0 atom stereocenters. The normalized spacial score (nSPS) is 10.2. The highest BCUT2D eigenvalue weighted by atomic mass is 32.2. The zero-order valence-electron chi connectivity index (χ0n) is 9.50. The van der Waals surface area contributed by atoms with E-state index in [9.17, 15) is 0 Å². The molecule has 0 aromatic carbocycles. The molecule has 0 unspecified atom stereocenters. The van der Waals surface area contributed by atoms with E-state index in [1.54, 1.807) is 24.7 Å². The third-order valence-corrected chi connectivity index (χ3v) is 2.73. The molecule has 1 N–H and O–H groups in total. The molecule has 2 aromatic rings. The molecule has 0 saturated heterocycles. The molecule has 88 valence electrons. The minimum Gasteiger partial charge on any atom is -0.354 e. The first-order valence-corrected chi connectivity index (χ1v) is 6.22. The van der Waals surface area contributed by atoms with Crippen LogP contribution in [0, 0.1) is 0 Å². The Kier molecular flexibility index (Phi) is 4.26. The number of nitrogens with zero attached hydrogens (tertiary/aromatic N) is 4. The molecule has 0 fully saturated rings. The van der Waals surface area contributed by atoms with Crippen molar-refractivity contribution in [2.75, 3.05) is 11.9 Å². The molecular weight excluding hydrogens is 234 g/mol. The van der Waals surface area contributed by atoms with Crippen molar-refractivity contribution >= 4 is 17.7 Å². The van der Waals surface area contributed by atoms with Crippen LogP contribution in [-0.2, 0) is 0 Å². The van der Waals surface area contributed by atoms with Gasteiger partial charge in [0, 0.05) is 25.1 Å². The van der Waals surface area contributed by atoms with E-state index in [-0.39, 0.29) is 0 Å². The van der Waals surface area contributed by atoms with Gasteiger partial charge in [-0.15, -0.1) is 0 Å². The van der Waals surface area contributed by atoms with Gasteiger partial charge in [0.05, 0.1) is 0 Å². The quantitative estimate of drug-likeness (QED) is 0.645. The molecule has 0 bridgehead atoms. The van der Waals surface area contributed by atoms with Crippen LogP contribution < -0.4 is 5.32 Å². The Balaban J connectivity index is 2.06. The first-order valence-electron chi connectivity index (χ1n) is 5.40. The minimum atomic E-state index is 0.646. The highest BCUT2D eigenvalue weighted by molar-refractivity contribution is 7.99. The van der Waals surface area contributed by atoms with Crippen molar-refractivity contribution in [1.29, 1.82) is 0 Å². The molecule has 0 spiro atoms. The van der Waals surface area contributed by atoms with Crippen molar-refractivity contribution in [1.82, 2.24) is 19.9 Å². The molecule has 0 aliphatic rings. The van der Waals surface area contributed by atoms with Crippen molar-refractivity contribution in [2.24, 2.45) is 0 Å². The summed E-state index contributed by atoms with van der Waals surface area (Å²) in [6.45, 7) is 2.97. The van der Waals surface area contributed by atoms with Gasteiger partial charge in [-0.1, -0.05) is 6.92 Å². The molecule has 6 heteroatoms. The highest BCUT2D eigenvalue weighted by Gasteiger charge is 2.02. The zero-order chi connectivity index (χ0) is 11.9. The first kappa shape index (κ1) is 11.8. The number of hydrogen-bond donors (Lipinski definition) is 1. The smallest absolute Gasteiger partial charge is 0.223 e. The summed E-state index contributed by atoms with van der Waals surface area (Å²) in [4.78, 5) is 16.8. The summed E-state index contributed by atoms with van der Waals surface area (Å²) in [6, 6.07) is 3.64. The van der Waals surface area contributed by atoms with E-state index < -0.39 is 0 Å². The lowest BCUT2D eigenvalue weighted by Crippen LogP contribution is -2.04. The summed E-state index contributed by atoms with van der Waals surface area (Å²) in [5.74, 6) is 0.646. The van der Waals surface area contributed by atoms with E-state index in [4.69, 9.17) is 0 Å². The van der Waals surface area contributed by atoms with E-state index in [0.717, 1.165) is 18.0 Å². The van der Waals surface area contributed by atoms with E-state index in [2.05, 4.69) is 32.2 Å².